The molecular weight excluding hydrogens is 318 g/mol. The van der Waals surface area contributed by atoms with Crippen molar-refractivity contribution in [2.45, 2.75) is 57.4 Å². The van der Waals surface area contributed by atoms with Crippen LogP contribution in [-0.2, 0) is 6.42 Å². The number of likely N-dealkylation sites (tertiary alicyclic amines) is 1. The molecular formula is C19H23N3OS. The zero-order chi connectivity index (χ0) is 16.5. The van der Waals surface area contributed by atoms with Crippen LogP contribution in [0.2, 0.25) is 0 Å². The van der Waals surface area contributed by atoms with Gasteiger partial charge < -0.3 is 4.90 Å². The zero-order valence-corrected chi connectivity index (χ0v) is 14.9. The highest BCUT2D eigenvalue weighted by molar-refractivity contribution is 7.07. The lowest BCUT2D eigenvalue weighted by Crippen LogP contribution is -2.36. The fourth-order valence-corrected chi connectivity index (χ4v) is 4.95. The number of amides is 1. The third-order valence-electron chi connectivity index (χ3n) is 5.53. The molecule has 2 atom stereocenters. The number of carbonyl (C=O) groups excluding carboxylic acids is 1. The molecule has 4 rings (SSSR count). The molecule has 1 saturated heterocycles. The largest absolute Gasteiger partial charge is 0.335 e. The van der Waals surface area contributed by atoms with E-state index in [0.29, 0.717) is 16.8 Å². The van der Waals surface area contributed by atoms with E-state index in [1.807, 2.05) is 6.92 Å². The molecule has 5 heteroatoms. The van der Waals surface area contributed by atoms with Crippen LogP contribution in [0.3, 0.4) is 0 Å². The first-order valence-corrected chi connectivity index (χ1v) is 9.69. The van der Waals surface area contributed by atoms with Gasteiger partial charge in [0.05, 0.1) is 5.69 Å². The van der Waals surface area contributed by atoms with Gasteiger partial charge in [0.25, 0.3) is 5.91 Å². The van der Waals surface area contributed by atoms with E-state index in [4.69, 9.17) is 0 Å². The van der Waals surface area contributed by atoms with Crippen molar-refractivity contribution in [1.29, 1.82) is 0 Å². The Hall–Kier alpha value is -1.75. The number of rotatable bonds is 3. The monoisotopic (exact) mass is 341 g/mol. The summed E-state index contributed by atoms with van der Waals surface area (Å²) in [6.45, 7) is 2.74. The number of aromatic nitrogens is 2. The Morgan fingerprint density at radius 3 is 3.00 bits per heavy atom. The summed E-state index contributed by atoms with van der Waals surface area (Å²) in [5.41, 5.74) is 3.78. The number of nitrogens with zero attached hydrogens (tertiary/aromatic N) is 3. The van der Waals surface area contributed by atoms with Crippen LogP contribution < -0.4 is 0 Å². The van der Waals surface area contributed by atoms with Gasteiger partial charge in [0.15, 0.2) is 0 Å². The maximum Gasteiger partial charge on any atom is 0.267 e. The highest BCUT2D eigenvalue weighted by Crippen LogP contribution is 2.38. The summed E-state index contributed by atoms with van der Waals surface area (Å²) in [6.07, 6.45) is 7.03. The van der Waals surface area contributed by atoms with Gasteiger partial charge in [0.2, 0.25) is 0 Å². The molecule has 0 bridgehead atoms. The lowest BCUT2D eigenvalue weighted by molar-refractivity contribution is 0.0728. The van der Waals surface area contributed by atoms with Crippen LogP contribution in [0.25, 0.3) is 0 Å². The van der Waals surface area contributed by atoms with Crippen molar-refractivity contribution in [3.05, 3.63) is 46.0 Å². The van der Waals surface area contributed by atoms with Gasteiger partial charge in [-0.05, 0) is 74.0 Å². The van der Waals surface area contributed by atoms with E-state index in [0.717, 1.165) is 31.5 Å². The van der Waals surface area contributed by atoms with Crippen LogP contribution in [0.5, 0.6) is 0 Å². The lowest BCUT2D eigenvalue weighted by Gasteiger charge is -2.31. The van der Waals surface area contributed by atoms with Crippen LogP contribution in [0, 0.1) is 6.92 Å². The SMILES string of the molecule is Cc1nnsc1C(=O)N1CCCC1CC1CCCc2ccccc21. The zero-order valence-electron chi connectivity index (χ0n) is 14.1. The first-order chi connectivity index (χ1) is 11.7. The van der Waals surface area contributed by atoms with Crippen molar-refractivity contribution in [1.82, 2.24) is 14.5 Å². The van der Waals surface area contributed by atoms with E-state index in [1.165, 1.54) is 41.9 Å². The molecule has 2 aromatic rings. The molecule has 0 spiro atoms. The van der Waals surface area contributed by atoms with Gasteiger partial charge in [-0.3, -0.25) is 4.79 Å². The van der Waals surface area contributed by atoms with Crippen LogP contribution >= 0.6 is 11.5 Å². The summed E-state index contributed by atoms with van der Waals surface area (Å²) in [7, 11) is 0. The molecule has 0 radical (unpaired) electrons. The Bertz CT molecular complexity index is 742. The summed E-state index contributed by atoms with van der Waals surface area (Å²) >= 11 is 1.23. The normalized spacial score (nSPS) is 23.3. The molecule has 1 aromatic heterocycles. The second-order valence-electron chi connectivity index (χ2n) is 7.01. The van der Waals surface area contributed by atoms with Gasteiger partial charge in [-0.1, -0.05) is 28.8 Å². The van der Waals surface area contributed by atoms with Gasteiger partial charge in [0, 0.05) is 12.6 Å². The first-order valence-electron chi connectivity index (χ1n) is 8.92. The van der Waals surface area contributed by atoms with E-state index < -0.39 is 0 Å². The van der Waals surface area contributed by atoms with Crippen LogP contribution in [-0.4, -0.2) is 33.0 Å². The number of hydrogen-bond donors (Lipinski definition) is 0. The molecule has 126 valence electrons. The van der Waals surface area contributed by atoms with Crippen LogP contribution in [0.4, 0.5) is 0 Å². The highest BCUT2D eigenvalue weighted by Gasteiger charge is 2.34. The average molecular weight is 341 g/mol. The summed E-state index contributed by atoms with van der Waals surface area (Å²) in [5, 5.41) is 4.00. The molecule has 1 aromatic carbocycles. The molecule has 0 N–H and O–H groups in total. The minimum absolute atomic E-state index is 0.133. The molecule has 1 fully saturated rings. The van der Waals surface area contributed by atoms with E-state index in [1.54, 1.807) is 0 Å². The topological polar surface area (TPSA) is 46.1 Å². The molecule has 1 aliphatic heterocycles. The Labute approximate surface area is 147 Å². The molecule has 2 heterocycles. The molecule has 2 aliphatic rings. The van der Waals surface area contributed by atoms with Crippen molar-refractivity contribution >= 4 is 17.4 Å². The third kappa shape index (κ3) is 2.86. The Kier molecular flexibility index (Phi) is 4.35. The quantitative estimate of drug-likeness (QED) is 0.849. The molecule has 4 nitrogen and oxygen atoms in total. The summed E-state index contributed by atoms with van der Waals surface area (Å²) in [5.74, 6) is 0.725. The van der Waals surface area contributed by atoms with Crippen molar-refractivity contribution in [2.75, 3.05) is 6.54 Å². The molecule has 1 amide bonds. The van der Waals surface area contributed by atoms with Crippen molar-refractivity contribution in [2.24, 2.45) is 0 Å². The minimum Gasteiger partial charge on any atom is -0.335 e. The highest BCUT2D eigenvalue weighted by atomic mass is 32.1. The maximum absolute atomic E-state index is 12.9. The van der Waals surface area contributed by atoms with Crippen LogP contribution in [0.1, 0.15) is 64.5 Å². The van der Waals surface area contributed by atoms with Gasteiger partial charge >= 0.3 is 0 Å². The number of carbonyl (C=O) groups is 1. The van der Waals surface area contributed by atoms with Crippen molar-refractivity contribution in [3.8, 4) is 0 Å². The maximum atomic E-state index is 12.9. The van der Waals surface area contributed by atoms with E-state index in [2.05, 4.69) is 38.8 Å². The third-order valence-corrected chi connectivity index (χ3v) is 6.35. The number of hydrogen-bond acceptors (Lipinski definition) is 4. The second kappa shape index (κ2) is 6.63. The van der Waals surface area contributed by atoms with Crippen molar-refractivity contribution in [3.63, 3.8) is 0 Å². The molecule has 0 saturated carbocycles. The Morgan fingerprint density at radius 2 is 2.17 bits per heavy atom. The average Bonchev–Trinajstić information content (AvgIpc) is 3.23. The Morgan fingerprint density at radius 1 is 1.29 bits per heavy atom. The van der Waals surface area contributed by atoms with Gasteiger partial charge in [-0.2, -0.15) is 0 Å². The van der Waals surface area contributed by atoms with E-state index in [9.17, 15) is 4.79 Å². The first kappa shape index (κ1) is 15.8. The Balaban J connectivity index is 1.52. The van der Waals surface area contributed by atoms with E-state index >= 15 is 0 Å². The standard InChI is InChI=1S/C19H23N3OS/c1-13-18(24-21-20-13)19(23)22-11-5-9-16(22)12-15-8-4-7-14-6-2-3-10-17(14)15/h2-3,6,10,15-16H,4-5,7-9,11-12H2,1H3. The van der Waals surface area contributed by atoms with Gasteiger partial charge in [0.1, 0.15) is 4.88 Å². The molecule has 24 heavy (non-hydrogen) atoms. The number of aryl methyl sites for hydroxylation is 2. The van der Waals surface area contributed by atoms with Crippen LogP contribution in [0.15, 0.2) is 24.3 Å². The molecule has 2 unspecified atom stereocenters. The summed E-state index contributed by atoms with van der Waals surface area (Å²) in [4.78, 5) is 15.7. The minimum atomic E-state index is 0.133. The smallest absolute Gasteiger partial charge is 0.267 e. The van der Waals surface area contributed by atoms with Gasteiger partial charge in [-0.25, -0.2) is 0 Å². The summed E-state index contributed by atoms with van der Waals surface area (Å²) < 4.78 is 3.93. The summed E-state index contributed by atoms with van der Waals surface area (Å²) in [6, 6.07) is 9.21. The second-order valence-corrected chi connectivity index (χ2v) is 7.76. The number of fused-ring (bicyclic) bond motifs is 1. The predicted molar refractivity (Wildman–Crippen MR) is 95.4 cm³/mol. The fourth-order valence-electron chi connectivity index (χ4n) is 4.33. The molecule has 1 aliphatic carbocycles. The predicted octanol–water partition coefficient (Wildman–Crippen LogP) is 3.96. The number of benzene rings is 1. The lowest BCUT2D eigenvalue weighted by atomic mass is 9.79. The van der Waals surface area contributed by atoms with Crippen molar-refractivity contribution < 1.29 is 4.79 Å². The van der Waals surface area contributed by atoms with Gasteiger partial charge in [-0.15, -0.1) is 5.10 Å². The van der Waals surface area contributed by atoms with E-state index in [-0.39, 0.29) is 5.91 Å². The fraction of sp³-hybridized carbons (Fsp3) is 0.526.